The van der Waals surface area contributed by atoms with E-state index < -0.39 is 0 Å². The number of H-pyrrole nitrogens is 1. The first-order chi connectivity index (χ1) is 10.8. The molecule has 0 spiro atoms. The Bertz CT molecular complexity index is 757. The average Bonchev–Trinajstić information content (AvgIpc) is 2.89. The van der Waals surface area contributed by atoms with Gasteiger partial charge in [0.15, 0.2) is 0 Å². The quantitative estimate of drug-likeness (QED) is 0.458. The van der Waals surface area contributed by atoms with Crippen LogP contribution in [0.4, 0.5) is 0 Å². The van der Waals surface area contributed by atoms with Crippen LogP contribution in [0.5, 0.6) is 0 Å². The fraction of sp³-hybridized carbons (Fsp3) is 0.400. The molecule has 1 N–H and O–H groups in total. The fourth-order valence-electron chi connectivity index (χ4n) is 3.26. The maximum Gasteiger partial charge on any atom is 0.0497 e. The maximum atomic E-state index is 6.15. The maximum absolute atomic E-state index is 6.15. The summed E-state index contributed by atoms with van der Waals surface area (Å²) in [5.41, 5.74) is 3.89. The van der Waals surface area contributed by atoms with Crippen molar-refractivity contribution in [3.63, 3.8) is 0 Å². The van der Waals surface area contributed by atoms with Gasteiger partial charge in [0, 0.05) is 26.8 Å². The van der Waals surface area contributed by atoms with Gasteiger partial charge in [0.1, 0.15) is 0 Å². The number of nitrogens with one attached hydrogen (secondary N) is 1. The normalized spacial score (nSPS) is 11.5. The molecule has 3 rings (SSSR count). The van der Waals surface area contributed by atoms with Gasteiger partial charge in [-0.05, 0) is 36.6 Å². The Balaban J connectivity index is 1.77. The number of hydrogen-bond acceptors (Lipinski definition) is 0. The van der Waals surface area contributed by atoms with Crippen molar-refractivity contribution in [1.82, 2.24) is 4.98 Å². The van der Waals surface area contributed by atoms with Gasteiger partial charge in [-0.1, -0.05) is 68.8 Å². The zero-order chi connectivity index (χ0) is 15.4. The van der Waals surface area contributed by atoms with Crippen LogP contribution in [0.3, 0.4) is 0 Å². The van der Waals surface area contributed by atoms with E-state index in [0.717, 1.165) is 11.4 Å². The van der Waals surface area contributed by atoms with Gasteiger partial charge < -0.3 is 4.98 Å². The lowest BCUT2D eigenvalue weighted by Gasteiger charge is -2.04. The largest absolute Gasteiger partial charge is 0.354 e. The smallest absolute Gasteiger partial charge is 0.0497 e. The molecule has 0 aliphatic rings. The highest BCUT2D eigenvalue weighted by atomic mass is 35.5. The molecule has 2 aromatic carbocycles. The highest BCUT2D eigenvalue weighted by molar-refractivity contribution is 6.31. The molecular formula is C20H24ClN. The summed E-state index contributed by atoms with van der Waals surface area (Å²) in [4.78, 5) is 3.58. The van der Waals surface area contributed by atoms with Crippen molar-refractivity contribution in [1.29, 1.82) is 0 Å². The molecule has 0 aliphatic heterocycles. The SMILES string of the molecule is CCCCCCCCc1cccc2c1[nH]c1ccc(Cl)cc12. The highest BCUT2D eigenvalue weighted by Crippen LogP contribution is 2.30. The van der Waals surface area contributed by atoms with Crippen molar-refractivity contribution >= 4 is 33.4 Å². The van der Waals surface area contributed by atoms with E-state index in [1.54, 1.807) is 0 Å². The van der Waals surface area contributed by atoms with Crippen LogP contribution >= 0.6 is 11.6 Å². The molecule has 22 heavy (non-hydrogen) atoms. The molecule has 0 unspecified atom stereocenters. The number of para-hydroxylation sites is 1. The topological polar surface area (TPSA) is 15.8 Å². The van der Waals surface area contributed by atoms with Gasteiger partial charge in [0.2, 0.25) is 0 Å². The first-order valence-electron chi connectivity index (χ1n) is 8.48. The van der Waals surface area contributed by atoms with Crippen LogP contribution in [0.1, 0.15) is 51.0 Å². The zero-order valence-corrected chi connectivity index (χ0v) is 14.0. The minimum absolute atomic E-state index is 0.801. The summed E-state index contributed by atoms with van der Waals surface area (Å²) in [5, 5.41) is 3.32. The summed E-state index contributed by atoms with van der Waals surface area (Å²) < 4.78 is 0. The predicted molar refractivity (Wildman–Crippen MR) is 97.9 cm³/mol. The van der Waals surface area contributed by atoms with E-state index in [9.17, 15) is 0 Å². The molecule has 116 valence electrons. The van der Waals surface area contributed by atoms with E-state index in [2.05, 4.69) is 42.2 Å². The van der Waals surface area contributed by atoms with E-state index in [1.807, 2.05) is 6.07 Å². The molecule has 0 fully saturated rings. The van der Waals surface area contributed by atoms with E-state index in [0.29, 0.717) is 0 Å². The molecule has 0 saturated heterocycles. The number of fused-ring (bicyclic) bond motifs is 3. The lowest BCUT2D eigenvalue weighted by molar-refractivity contribution is 0.608. The Morgan fingerprint density at radius 3 is 2.59 bits per heavy atom. The minimum Gasteiger partial charge on any atom is -0.354 e. The standard InChI is InChI=1S/C20H24ClN/c1-2-3-4-5-6-7-9-15-10-8-11-17-18-14-16(21)12-13-19(18)22-20(15)17/h8,10-14,22H,2-7,9H2,1H3. The third kappa shape index (κ3) is 3.30. The van der Waals surface area contributed by atoms with Gasteiger partial charge >= 0.3 is 0 Å². The summed E-state index contributed by atoms with van der Waals surface area (Å²) >= 11 is 6.15. The van der Waals surface area contributed by atoms with Crippen LogP contribution in [-0.4, -0.2) is 4.98 Å². The molecule has 0 radical (unpaired) electrons. The van der Waals surface area contributed by atoms with Crippen LogP contribution in [0.25, 0.3) is 21.8 Å². The van der Waals surface area contributed by atoms with Gasteiger partial charge in [-0.25, -0.2) is 0 Å². The number of halogens is 1. The Morgan fingerprint density at radius 2 is 1.73 bits per heavy atom. The monoisotopic (exact) mass is 313 g/mol. The third-order valence-electron chi connectivity index (χ3n) is 4.48. The lowest BCUT2D eigenvalue weighted by atomic mass is 10.0. The van der Waals surface area contributed by atoms with Crippen molar-refractivity contribution < 1.29 is 0 Å². The number of aromatic nitrogens is 1. The first-order valence-corrected chi connectivity index (χ1v) is 8.86. The molecule has 0 bridgehead atoms. The second kappa shape index (κ2) is 7.19. The summed E-state index contributed by atoms with van der Waals surface area (Å²) in [6.45, 7) is 2.27. The Kier molecular flexibility index (Phi) is 5.04. The van der Waals surface area contributed by atoms with E-state index in [-0.39, 0.29) is 0 Å². The minimum atomic E-state index is 0.801. The summed E-state index contributed by atoms with van der Waals surface area (Å²) in [6, 6.07) is 12.7. The Labute approximate surface area is 137 Å². The second-order valence-corrected chi connectivity index (χ2v) is 6.61. The molecule has 0 saturated carbocycles. The lowest BCUT2D eigenvalue weighted by Crippen LogP contribution is -1.88. The second-order valence-electron chi connectivity index (χ2n) is 6.17. The summed E-state index contributed by atoms with van der Waals surface area (Å²) in [7, 11) is 0. The molecule has 1 nitrogen and oxygen atoms in total. The number of hydrogen-bond donors (Lipinski definition) is 1. The van der Waals surface area contributed by atoms with E-state index in [4.69, 9.17) is 11.6 Å². The molecule has 1 heterocycles. The van der Waals surface area contributed by atoms with Crippen molar-refractivity contribution in [3.05, 3.63) is 47.0 Å². The van der Waals surface area contributed by atoms with Crippen LogP contribution in [0.2, 0.25) is 5.02 Å². The first kappa shape index (κ1) is 15.4. The summed E-state index contributed by atoms with van der Waals surface area (Å²) in [6.07, 6.45) is 9.21. The van der Waals surface area contributed by atoms with E-state index >= 15 is 0 Å². The number of rotatable bonds is 7. The number of aryl methyl sites for hydroxylation is 1. The van der Waals surface area contributed by atoms with Crippen LogP contribution in [0, 0.1) is 0 Å². The van der Waals surface area contributed by atoms with Gasteiger partial charge in [-0.3, -0.25) is 0 Å². The molecule has 0 atom stereocenters. The van der Waals surface area contributed by atoms with Crippen LogP contribution < -0.4 is 0 Å². The Hall–Kier alpha value is -1.47. The molecule has 1 aromatic heterocycles. The zero-order valence-electron chi connectivity index (χ0n) is 13.3. The fourth-order valence-corrected chi connectivity index (χ4v) is 3.43. The molecular weight excluding hydrogens is 290 g/mol. The number of unbranched alkanes of at least 4 members (excludes halogenated alkanes) is 5. The summed E-state index contributed by atoms with van der Waals surface area (Å²) in [5.74, 6) is 0. The van der Waals surface area contributed by atoms with Gasteiger partial charge in [-0.2, -0.15) is 0 Å². The number of aromatic amines is 1. The molecule has 3 aromatic rings. The van der Waals surface area contributed by atoms with Crippen molar-refractivity contribution in [2.75, 3.05) is 0 Å². The van der Waals surface area contributed by atoms with Crippen molar-refractivity contribution in [2.24, 2.45) is 0 Å². The van der Waals surface area contributed by atoms with Crippen molar-refractivity contribution in [2.45, 2.75) is 51.9 Å². The van der Waals surface area contributed by atoms with Crippen LogP contribution in [0.15, 0.2) is 36.4 Å². The molecule has 0 amide bonds. The van der Waals surface area contributed by atoms with E-state index in [1.165, 1.54) is 65.9 Å². The predicted octanol–water partition coefficient (Wildman–Crippen LogP) is 6.88. The highest BCUT2D eigenvalue weighted by Gasteiger charge is 2.08. The van der Waals surface area contributed by atoms with Gasteiger partial charge in [0.25, 0.3) is 0 Å². The van der Waals surface area contributed by atoms with Gasteiger partial charge in [-0.15, -0.1) is 0 Å². The molecule has 2 heteroatoms. The number of benzene rings is 2. The van der Waals surface area contributed by atoms with Gasteiger partial charge in [0.05, 0.1) is 0 Å². The Morgan fingerprint density at radius 1 is 0.909 bits per heavy atom. The van der Waals surface area contributed by atoms with Crippen LogP contribution in [-0.2, 0) is 6.42 Å². The third-order valence-corrected chi connectivity index (χ3v) is 4.72. The average molecular weight is 314 g/mol. The van der Waals surface area contributed by atoms with Crippen molar-refractivity contribution in [3.8, 4) is 0 Å². The molecule has 0 aliphatic carbocycles.